The first-order valence-electron chi connectivity index (χ1n) is 9.97. The lowest BCUT2D eigenvalue weighted by atomic mass is 10.0. The molecule has 1 heterocycles. The second-order valence-corrected chi connectivity index (χ2v) is 6.78. The van der Waals surface area contributed by atoms with Crippen molar-refractivity contribution < 1.29 is 4.74 Å². The van der Waals surface area contributed by atoms with Crippen molar-refractivity contribution >= 4 is 0 Å². The van der Waals surface area contributed by atoms with Crippen LogP contribution in [0.15, 0.2) is 73.1 Å². The molecule has 0 N–H and O–H groups in total. The standard InChI is InChI=1S/C25H25N3O/c1-2-3-4-5-6-7-16-29-24-18-27-25(28-19-24)23-14-12-22(13-15-23)21-10-8-20(17-26)9-11-21/h2-3,8-15,18-19H,4-7,16H2,1H3/b3-2+. The molecule has 0 aliphatic carbocycles. The third-order valence-corrected chi connectivity index (χ3v) is 4.64. The van der Waals surface area contributed by atoms with Crippen LogP contribution in [0, 0.1) is 11.3 Å². The zero-order valence-corrected chi connectivity index (χ0v) is 16.7. The van der Waals surface area contributed by atoms with E-state index in [1.807, 2.05) is 48.5 Å². The van der Waals surface area contributed by atoms with Crippen LogP contribution in [0.1, 0.15) is 38.2 Å². The summed E-state index contributed by atoms with van der Waals surface area (Å²) in [5.41, 5.74) is 3.78. The Bertz CT molecular complexity index is 953. The molecule has 3 rings (SSSR count). The van der Waals surface area contributed by atoms with Crippen molar-refractivity contribution in [1.29, 1.82) is 5.26 Å². The normalized spacial score (nSPS) is 10.8. The first-order chi connectivity index (χ1) is 14.3. The summed E-state index contributed by atoms with van der Waals surface area (Å²) >= 11 is 0. The van der Waals surface area contributed by atoms with Crippen molar-refractivity contribution in [2.24, 2.45) is 0 Å². The van der Waals surface area contributed by atoms with Gasteiger partial charge in [-0.15, -0.1) is 0 Å². The Kier molecular flexibility index (Phi) is 7.54. The van der Waals surface area contributed by atoms with Gasteiger partial charge in [0, 0.05) is 5.56 Å². The molecule has 146 valence electrons. The van der Waals surface area contributed by atoms with Crippen LogP contribution >= 0.6 is 0 Å². The SMILES string of the molecule is C/C=C/CCCCCOc1cnc(-c2ccc(-c3ccc(C#N)cc3)cc2)nc1. The second-order valence-electron chi connectivity index (χ2n) is 6.78. The van der Waals surface area contributed by atoms with E-state index in [9.17, 15) is 0 Å². The van der Waals surface area contributed by atoms with Crippen LogP contribution in [-0.4, -0.2) is 16.6 Å². The van der Waals surface area contributed by atoms with Crippen LogP contribution in [0.3, 0.4) is 0 Å². The third kappa shape index (κ3) is 6.02. The molecule has 0 amide bonds. The van der Waals surface area contributed by atoms with Gasteiger partial charge >= 0.3 is 0 Å². The molecule has 0 saturated heterocycles. The fraction of sp³-hybridized carbons (Fsp3) is 0.240. The molecule has 0 bridgehead atoms. The Hall–Kier alpha value is -3.45. The van der Waals surface area contributed by atoms with Crippen LogP contribution in [0.25, 0.3) is 22.5 Å². The number of ether oxygens (including phenoxy) is 1. The second kappa shape index (κ2) is 10.8. The molecule has 4 nitrogen and oxygen atoms in total. The number of allylic oxidation sites excluding steroid dienone is 2. The summed E-state index contributed by atoms with van der Waals surface area (Å²) in [5.74, 6) is 1.38. The fourth-order valence-corrected chi connectivity index (χ4v) is 2.99. The van der Waals surface area contributed by atoms with Gasteiger partial charge in [0.05, 0.1) is 30.6 Å². The van der Waals surface area contributed by atoms with Gasteiger partial charge in [-0.05, 0) is 55.9 Å². The summed E-state index contributed by atoms with van der Waals surface area (Å²) in [6.07, 6.45) is 12.3. The Morgan fingerprint density at radius 2 is 1.48 bits per heavy atom. The number of rotatable bonds is 9. The van der Waals surface area contributed by atoms with Gasteiger partial charge in [0.15, 0.2) is 11.6 Å². The lowest BCUT2D eigenvalue weighted by Crippen LogP contribution is -1.99. The predicted molar refractivity (Wildman–Crippen MR) is 116 cm³/mol. The zero-order valence-electron chi connectivity index (χ0n) is 16.7. The predicted octanol–water partition coefficient (Wildman–Crippen LogP) is 6.20. The molecule has 3 aromatic rings. The van der Waals surface area contributed by atoms with Crippen molar-refractivity contribution in [1.82, 2.24) is 9.97 Å². The van der Waals surface area contributed by atoms with Crippen LogP contribution in [0.4, 0.5) is 0 Å². The van der Waals surface area contributed by atoms with E-state index in [1.54, 1.807) is 12.4 Å². The van der Waals surface area contributed by atoms with Crippen molar-refractivity contribution in [3.8, 4) is 34.3 Å². The maximum atomic E-state index is 8.91. The molecule has 0 fully saturated rings. The Morgan fingerprint density at radius 3 is 2.10 bits per heavy atom. The highest BCUT2D eigenvalue weighted by molar-refractivity contribution is 5.68. The van der Waals surface area contributed by atoms with E-state index in [0.29, 0.717) is 23.7 Å². The summed E-state index contributed by atoms with van der Waals surface area (Å²) in [6, 6.07) is 17.8. The number of benzene rings is 2. The van der Waals surface area contributed by atoms with Crippen molar-refractivity contribution in [3.63, 3.8) is 0 Å². The number of unbranched alkanes of at least 4 members (excludes halogenated alkanes) is 3. The third-order valence-electron chi connectivity index (χ3n) is 4.64. The van der Waals surface area contributed by atoms with E-state index in [4.69, 9.17) is 10.00 Å². The fourth-order valence-electron chi connectivity index (χ4n) is 2.99. The molecule has 1 aromatic heterocycles. The maximum Gasteiger partial charge on any atom is 0.159 e. The monoisotopic (exact) mass is 383 g/mol. The molecule has 4 heteroatoms. The molecule has 0 aliphatic heterocycles. The van der Waals surface area contributed by atoms with Crippen molar-refractivity contribution in [2.75, 3.05) is 6.61 Å². The Balaban J connectivity index is 1.53. The van der Waals surface area contributed by atoms with Gasteiger partial charge in [-0.3, -0.25) is 0 Å². The Morgan fingerprint density at radius 1 is 0.862 bits per heavy atom. The maximum absolute atomic E-state index is 8.91. The minimum Gasteiger partial charge on any atom is -0.490 e. The number of hydrogen-bond acceptors (Lipinski definition) is 4. The summed E-state index contributed by atoms with van der Waals surface area (Å²) in [6.45, 7) is 2.74. The molecular formula is C25H25N3O. The number of aromatic nitrogens is 2. The molecule has 29 heavy (non-hydrogen) atoms. The van der Waals surface area contributed by atoms with Gasteiger partial charge in [-0.1, -0.05) is 48.6 Å². The molecule has 0 radical (unpaired) electrons. The highest BCUT2D eigenvalue weighted by Gasteiger charge is 2.04. The van der Waals surface area contributed by atoms with Crippen LogP contribution in [-0.2, 0) is 0 Å². The quantitative estimate of drug-likeness (QED) is 0.326. The van der Waals surface area contributed by atoms with E-state index in [1.165, 1.54) is 6.42 Å². The van der Waals surface area contributed by atoms with E-state index < -0.39 is 0 Å². The summed E-state index contributed by atoms with van der Waals surface area (Å²) in [7, 11) is 0. The smallest absolute Gasteiger partial charge is 0.159 e. The van der Waals surface area contributed by atoms with Gasteiger partial charge in [0.1, 0.15) is 0 Å². The average molecular weight is 383 g/mol. The summed E-state index contributed by atoms with van der Waals surface area (Å²) in [5, 5.41) is 8.91. The van der Waals surface area contributed by atoms with Crippen LogP contribution < -0.4 is 4.74 Å². The first-order valence-corrected chi connectivity index (χ1v) is 9.97. The lowest BCUT2D eigenvalue weighted by Gasteiger charge is -2.07. The van der Waals surface area contributed by atoms with Crippen LogP contribution in [0.5, 0.6) is 5.75 Å². The van der Waals surface area contributed by atoms with Crippen molar-refractivity contribution in [3.05, 3.63) is 78.6 Å². The minimum atomic E-state index is 0.662. The van der Waals surface area contributed by atoms with E-state index in [-0.39, 0.29) is 0 Å². The minimum absolute atomic E-state index is 0.662. The largest absolute Gasteiger partial charge is 0.490 e. The zero-order chi connectivity index (χ0) is 20.3. The van der Waals surface area contributed by atoms with Gasteiger partial charge in [0.2, 0.25) is 0 Å². The van der Waals surface area contributed by atoms with Crippen LogP contribution in [0.2, 0.25) is 0 Å². The highest BCUT2D eigenvalue weighted by atomic mass is 16.5. The molecule has 0 unspecified atom stereocenters. The number of nitrogens with zero attached hydrogens (tertiary/aromatic N) is 3. The van der Waals surface area contributed by atoms with Crippen molar-refractivity contribution in [2.45, 2.75) is 32.6 Å². The first kappa shape index (κ1) is 20.3. The topological polar surface area (TPSA) is 58.8 Å². The number of nitriles is 1. The molecule has 0 aliphatic rings. The molecule has 0 saturated carbocycles. The molecule has 0 atom stereocenters. The lowest BCUT2D eigenvalue weighted by molar-refractivity contribution is 0.303. The average Bonchev–Trinajstić information content (AvgIpc) is 2.79. The van der Waals surface area contributed by atoms with Gasteiger partial charge in [-0.2, -0.15) is 5.26 Å². The van der Waals surface area contributed by atoms with E-state index in [0.717, 1.165) is 36.0 Å². The van der Waals surface area contributed by atoms with Gasteiger partial charge in [0.25, 0.3) is 0 Å². The van der Waals surface area contributed by atoms with E-state index in [2.05, 4.69) is 35.1 Å². The highest BCUT2D eigenvalue weighted by Crippen LogP contribution is 2.24. The molecule has 2 aromatic carbocycles. The number of hydrogen-bond donors (Lipinski definition) is 0. The van der Waals surface area contributed by atoms with Gasteiger partial charge < -0.3 is 4.74 Å². The van der Waals surface area contributed by atoms with Gasteiger partial charge in [-0.25, -0.2) is 9.97 Å². The molecule has 0 spiro atoms. The summed E-state index contributed by atoms with van der Waals surface area (Å²) in [4.78, 5) is 8.86. The summed E-state index contributed by atoms with van der Waals surface area (Å²) < 4.78 is 5.73. The van der Waals surface area contributed by atoms with E-state index >= 15 is 0 Å². The molecular weight excluding hydrogens is 358 g/mol. The Labute approximate surface area is 172 Å².